The number of hydrogen-bond donors (Lipinski definition) is 2. The average Bonchev–Trinajstić information content (AvgIpc) is 2.62. The minimum absolute atomic E-state index is 0.0867. The van der Waals surface area contributed by atoms with Crippen LogP contribution in [0.15, 0.2) is 59.7 Å². The van der Waals surface area contributed by atoms with E-state index in [0.717, 1.165) is 6.07 Å². The SMILES string of the molecule is O=C(O)CC/C(=N\NC(=O)c1cccc([N+](=O)[O-])c1)c1ccccc1. The van der Waals surface area contributed by atoms with Crippen molar-refractivity contribution in [1.29, 1.82) is 0 Å². The number of amides is 1. The van der Waals surface area contributed by atoms with Crippen LogP contribution in [0.1, 0.15) is 28.8 Å². The Labute approximate surface area is 142 Å². The van der Waals surface area contributed by atoms with Crippen LogP contribution in [0.4, 0.5) is 5.69 Å². The van der Waals surface area contributed by atoms with E-state index in [1.54, 1.807) is 30.3 Å². The predicted molar refractivity (Wildman–Crippen MR) is 90.4 cm³/mol. The van der Waals surface area contributed by atoms with Crippen molar-refractivity contribution >= 4 is 23.3 Å². The molecule has 0 saturated carbocycles. The van der Waals surface area contributed by atoms with Crippen molar-refractivity contribution < 1.29 is 19.6 Å². The van der Waals surface area contributed by atoms with Gasteiger partial charge in [0.05, 0.1) is 17.1 Å². The summed E-state index contributed by atoms with van der Waals surface area (Å²) >= 11 is 0. The third kappa shape index (κ3) is 5.24. The molecule has 0 unspecified atom stereocenters. The summed E-state index contributed by atoms with van der Waals surface area (Å²) in [7, 11) is 0. The maximum atomic E-state index is 12.1. The topological polar surface area (TPSA) is 122 Å². The molecule has 2 rings (SSSR count). The molecular weight excluding hydrogens is 326 g/mol. The fourth-order valence-corrected chi connectivity index (χ4v) is 2.06. The summed E-state index contributed by atoms with van der Waals surface area (Å²) in [5.74, 6) is -1.60. The Morgan fingerprint density at radius 3 is 2.36 bits per heavy atom. The molecule has 0 aliphatic heterocycles. The van der Waals surface area contributed by atoms with Crippen LogP contribution >= 0.6 is 0 Å². The first-order valence-electron chi connectivity index (χ1n) is 7.36. The number of benzene rings is 2. The number of nitrogens with one attached hydrogen (secondary N) is 1. The highest BCUT2D eigenvalue weighted by Crippen LogP contribution is 2.13. The molecule has 0 spiro atoms. The highest BCUT2D eigenvalue weighted by molar-refractivity contribution is 6.03. The Balaban J connectivity index is 2.19. The largest absolute Gasteiger partial charge is 0.481 e. The summed E-state index contributed by atoms with van der Waals surface area (Å²) in [4.78, 5) is 33.1. The average molecular weight is 341 g/mol. The zero-order valence-electron chi connectivity index (χ0n) is 13.1. The maximum absolute atomic E-state index is 12.1. The molecular formula is C17H15N3O5. The number of rotatable bonds is 7. The molecule has 0 aliphatic carbocycles. The predicted octanol–water partition coefficient (Wildman–Crippen LogP) is 2.59. The second-order valence-corrected chi connectivity index (χ2v) is 5.07. The lowest BCUT2D eigenvalue weighted by atomic mass is 10.1. The Kier molecular flexibility index (Phi) is 5.94. The summed E-state index contributed by atoms with van der Waals surface area (Å²) in [5.41, 5.74) is 3.29. The van der Waals surface area contributed by atoms with E-state index in [1.807, 2.05) is 0 Å². The summed E-state index contributed by atoms with van der Waals surface area (Å²) in [6, 6.07) is 14.1. The third-order valence-corrected chi connectivity index (χ3v) is 3.29. The van der Waals surface area contributed by atoms with Crippen LogP contribution in [0.5, 0.6) is 0 Å². The van der Waals surface area contributed by atoms with Crippen LogP contribution in [0.3, 0.4) is 0 Å². The monoisotopic (exact) mass is 341 g/mol. The van der Waals surface area contributed by atoms with Crippen LogP contribution in [-0.4, -0.2) is 27.6 Å². The molecule has 0 bridgehead atoms. The Morgan fingerprint density at radius 2 is 1.72 bits per heavy atom. The normalized spacial score (nSPS) is 11.0. The number of nitro benzene ring substituents is 1. The van der Waals surface area contributed by atoms with E-state index >= 15 is 0 Å². The second-order valence-electron chi connectivity index (χ2n) is 5.07. The van der Waals surface area contributed by atoms with Crippen LogP contribution < -0.4 is 5.43 Å². The first-order chi connectivity index (χ1) is 12.0. The molecule has 0 aliphatic rings. The van der Waals surface area contributed by atoms with Gasteiger partial charge in [0.25, 0.3) is 11.6 Å². The lowest BCUT2D eigenvalue weighted by molar-refractivity contribution is -0.384. The fraction of sp³-hybridized carbons (Fsp3) is 0.118. The van der Waals surface area contributed by atoms with Gasteiger partial charge in [0.1, 0.15) is 0 Å². The van der Waals surface area contributed by atoms with Crippen molar-refractivity contribution in [2.24, 2.45) is 5.10 Å². The number of aliphatic carboxylic acids is 1. The van der Waals surface area contributed by atoms with Crippen LogP contribution in [0, 0.1) is 10.1 Å². The first-order valence-corrected chi connectivity index (χ1v) is 7.36. The number of carbonyl (C=O) groups excluding carboxylic acids is 1. The minimum atomic E-state index is -0.978. The smallest absolute Gasteiger partial charge is 0.303 e. The van der Waals surface area contributed by atoms with Gasteiger partial charge in [-0.1, -0.05) is 36.4 Å². The zero-order valence-corrected chi connectivity index (χ0v) is 13.1. The van der Waals surface area contributed by atoms with Crippen molar-refractivity contribution in [3.05, 3.63) is 75.8 Å². The Hall–Kier alpha value is -3.55. The molecule has 0 radical (unpaired) electrons. The quantitative estimate of drug-likeness (QED) is 0.455. The molecule has 0 heterocycles. The maximum Gasteiger partial charge on any atom is 0.303 e. The minimum Gasteiger partial charge on any atom is -0.481 e. The molecule has 128 valence electrons. The van der Waals surface area contributed by atoms with E-state index in [9.17, 15) is 19.7 Å². The molecule has 2 aromatic carbocycles. The fourth-order valence-electron chi connectivity index (χ4n) is 2.06. The number of hydrazone groups is 1. The molecule has 0 saturated heterocycles. The standard InChI is InChI=1S/C17H15N3O5/c21-16(22)10-9-15(12-5-2-1-3-6-12)18-19-17(23)13-7-4-8-14(11-13)20(24)25/h1-8,11H,9-10H2,(H,19,23)(H,21,22)/b18-15+. The second kappa shape index (κ2) is 8.34. The van der Waals surface area contributed by atoms with Crippen molar-refractivity contribution in [1.82, 2.24) is 5.43 Å². The van der Waals surface area contributed by atoms with E-state index in [4.69, 9.17) is 5.11 Å². The third-order valence-electron chi connectivity index (χ3n) is 3.29. The van der Waals surface area contributed by atoms with E-state index < -0.39 is 16.8 Å². The molecule has 1 amide bonds. The van der Waals surface area contributed by atoms with E-state index in [2.05, 4.69) is 10.5 Å². The van der Waals surface area contributed by atoms with Crippen molar-refractivity contribution in [3.8, 4) is 0 Å². The van der Waals surface area contributed by atoms with Gasteiger partial charge in [0.2, 0.25) is 0 Å². The van der Waals surface area contributed by atoms with Crippen molar-refractivity contribution in [2.75, 3.05) is 0 Å². The summed E-state index contributed by atoms with van der Waals surface area (Å²) < 4.78 is 0. The molecule has 8 nitrogen and oxygen atoms in total. The molecule has 8 heteroatoms. The van der Waals surface area contributed by atoms with Gasteiger partial charge in [0, 0.05) is 24.1 Å². The van der Waals surface area contributed by atoms with Crippen LogP contribution in [0.2, 0.25) is 0 Å². The number of carbonyl (C=O) groups is 2. The number of non-ortho nitro benzene ring substituents is 1. The van der Waals surface area contributed by atoms with Gasteiger partial charge in [0.15, 0.2) is 0 Å². The van der Waals surface area contributed by atoms with Crippen molar-refractivity contribution in [2.45, 2.75) is 12.8 Å². The molecule has 0 atom stereocenters. The number of nitro groups is 1. The summed E-state index contributed by atoms with van der Waals surface area (Å²) in [5, 5.41) is 23.6. The van der Waals surface area contributed by atoms with Crippen LogP contribution in [0.25, 0.3) is 0 Å². The molecule has 25 heavy (non-hydrogen) atoms. The Bertz CT molecular complexity index is 818. The molecule has 2 aromatic rings. The molecule has 2 N–H and O–H groups in total. The van der Waals surface area contributed by atoms with Gasteiger partial charge in [-0.3, -0.25) is 19.7 Å². The molecule has 0 fully saturated rings. The van der Waals surface area contributed by atoms with E-state index in [1.165, 1.54) is 18.2 Å². The lowest BCUT2D eigenvalue weighted by Crippen LogP contribution is -2.20. The zero-order chi connectivity index (χ0) is 18.2. The number of carboxylic acid groups (broad SMARTS) is 1. The number of hydrogen-bond acceptors (Lipinski definition) is 5. The van der Waals surface area contributed by atoms with Crippen LogP contribution in [-0.2, 0) is 4.79 Å². The van der Waals surface area contributed by atoms with Gasteiger partial charge < -0.3 is 5.11 Å². The number of carboxylic acids is 1. The first kappa shape index (κ1) is 17.8. The number of nitrogens with zero attached hydrogens (tertiary/aromatic N) is 2. The highest BCUT2D eigenvalue weighted by atomic mass is 16.6. The van der Waals surface area contributed by atoms with Gasteiger partial charge >= 0.3 is 5.97 Å². The van der Waals surface area contributed by atoms with Gasteiger partial charge in [-0.2, -0.15) is 5.10 Å². The molecule has 0 aromatic heterocycles. The lowest BCUT2D eigenvalue weighted by Gasteiger charge is -2.06. The van der Waals surface area contributed by atoms with E-state index in [0.29, 0.717) is 11.3 Å². The highest BCUT2D eigenvalue weighted by Gasteiger charge is 2.12. The van der Waals surface area contributed by atoms with Gasteiger partial charge in [-0.05, 0) is 11.6 Å². The van der Waals surface area contributed by atoms with E-state index in [-0.39, 0.29) is 24.1 Å². The van der Waals surface area contributed by atoms with Gasteiger partial charge in [-0.25, -0.2) is 5.43 Å². The van der Waals surface area contributed by atoms with Gasteiger partial charge in [-0.15, -0.1) is 0 Å². The Morgan fingerprint density at radius 1 is 1.04 bits per heavy atom. The van der Waals surface area contributed by atoms with Crippen molar-refractivity contribution in [3.63, 3.8) is 0 Å². The summed E-state index contributed by atoms with van der Waals surface area (Å²) in [6.45, 7) is 0. The summed E-state index contributed by atoms with van der Waals surface area (Å²) in [6.07, 6.45) is -0.00499.